The number of carbonyl (C=O) groups excluding carboxylic acids is 1. The predicted molar refractivity (Wildman–Crippen MR) is 158 cm³/mol. The summed E-state index contributed by atoms with van der Waals surface area (Å²) >= 11 is 1.22. The molecule has 0 radical (unpaired) electrons. The molecular formula is C32H28N2O7S. The number of carbonyl (C=O) groups is 2. The first kappa shape index (κ1) is 28.6. The molecule has 0 bridgehead atoms. The molecule has 0 spiro atoms. The van der Waals surface area contributed by atoms with Crippen LogP contribution >= 0.6 is 11.3 Å². The fraction of sp³-hybridized carbons (Fsp3) is 0.188. The number of allylic oxidation sites excluding steroid dienone is 1. The van der Waals surface area contributed by atoms with E-state index in [-0.39, 0.29) is 29.9 Å². The van der Waals surface area contributed by atoms with Crippen molar-refractivity contribution in [3.63, 3.8) is 0 Å². The minimum atomic E-state index is -0.994. The maximum absolute atomic E-state index is 14.0. The van der Waals surface area contributed by atoms with Crippen molar-refractivity contribution in [1.29, 1.82) is 0 Å². The van der Waals surface area contributed by atoms with E-state index in [0.717, 1.165) is 5.56 Å². The van der Waals surface area contributed by atoms with Gasteiger partial charge < -0.3 is 19.3 Å². The number of benzene rings is 3. The summed E-state index contributed by atoms with van der Waals surface area (Å²) in [5.41, 5.74) is 2.74. The number of ether oxygens (including phenoxy) is 3. The Bertz CT molecular complexity index is 1870. The van der Waals surface area contributed by atoms with Gasteiger partial charge in [0.2, 0.25) is 0 Å². The molecule has 4 aromatic rings. The average molecular weight is 585 g/mol. The fourth-order valence-corrected chi connectivity index (χ4v) is 5.79. The van der Waals surface area contributed by atoms with Crippen LogP contribution in [0.4, 0.5) is 0 Å². The van der Waals surface area contributed by atoms with Gasteiger partial charge in [0.05, 0.1) is 35.1 Å². The quantitative estimate of drug-likeness (QED) is 0.295. The third kappa shape index (κ3) is 5.61. The highest BCUT2D eigenvalue weighted by Gasteiger charge is 2.35. The molecule has 1 aromatic heterocycles. The zero-order valence-electron chi connectivity index (χ0n) is 23.2. The van der Waals surface area contributed by atoms with Gasteiger partial charge in [-0.15, -0.1) is 0 Å². The number of carboxylic acids is 1. The minimum absolute atomic E-state index is 0.180. The van der Waals surface area contributed by atoms with Gasteiger partial charge in [-0.25, -0.2) is 14.6 Å². The molecule has 0 saturated carbocycles. The summed E-state index contributed by atoms with van der Waals surface area (Å²) < 4.78 is 19.0. The molecule has 0 fully saturated rings. The van der Waals surface area contributed by atoms with Crippen molar-refractivity contribution in [1.82, 2.24) is 4.57 Å². The monoisotopic (exact) mass is 584 g/mol. The first-order chi connectivity index (χ1) is 20.3. The Morgan fingerprint density at radius 3 is 2.40 bits per heavy atom. The molecule has 2 heterocycles. The Hall–Kier alpha value is -4.96. The van der Waals surface area contributed by atoms with Gasteiger partial charge in [0.25, 0.3) is 5.56 Å². The summed E-state index contributed by atoms with van der Waals surface area (Å²) in [4.78, 5) is 43.4. The minimum Gasteiger partial charge on any atom is -0.496 e. The van der Waals surface area contributed by atoms with E-state index in [2.05, 4.69) is 4.99 Å². The third-order valence-corrected chi connectivity index (χ3v) is 7.73. The van der Waals surface area contributed by atoms with E-state index in [4.69, 9.17) is 19.3 Å². The molecule has 214 valence electrons. The number of nitrogens with zero attached hydrogens (tertiary/aromatic N) is 2. The average Bonchev–Trinajstić information content (AvgIpc) is 3.30. The number of aromatic nitrogens is 1. The van der Waals surface area contributed by atoms with E-state index in [1.807, 2.05) is 36.4 Å². The molecule has 1 aliphatic rings. The van der Waals surface area contributed by atoms with Crippen molar-refractivity contribution >= 4 is 29.4 Å². The van der Waals surface area contributed by atoms with Gasteiger partial charge in [0.15, 0.2) is 4.80 Å². The van der Waals surface area contributed by atoms with Gasteiger partial charge in [0, 0.05) is 11.1 Å². The molecule has 5 rings (SSSR count). The molecule has 9 nitrogen and oxygen atoms in total. The number of hydrogen-bond donors (Lipinski definition) is 1. The summed E-state index contributed by atoms with van der Waals surface area (Å²) in [5.74, 6) is -0.454. The summed E-state index contributed by atoms with van der Waals surface area (Å²) in [6.07, 6.45) is 1.75. The van der Waals surface area contributed by atoms with Crippen LogP contribution < -0.4 is 24.4 Å². The van der Waals surface area contributed by atoms with Crippen LogP contribution in [0.25, 0.3) is 6.08 Å². The van der Waals surface area contributed by atoms with Crippen molar-refractivity contribution < 1.29 is 28.9 Å². The van der Waals surface area contributed by atoms with Gasteiger partial charge in [-0.2, -0.15) is 0 Å². The summed E-state index contributed by atoms with van der Waals surface area (Å²) in [5, 5.41) is 9.13. The van der Waals surface area contributed by atoms with Crippen LogP contribution in [0.15, 0.2) is 93.9 Å². The Labute approximate surface area is 245 Å². The number of thiazole rings is 1. The molecule has 0 aliphatic carbocycles. The number of hydrogen-bond acceptors (Lipinski definition) is 8. The Balaban J connectivity index is 1.57. The Morgan fingerprint density at radius 2 is 1.71 bits per heavy atom. The van der Waals surface area contributed by atoms with E-state index >= 15 is 0 Å². The smallest absolute Gasteiger partial charge is 0.338 e. The highest BCUT2D eigenvalue weighted by molar-refractivity contribution is 7.07. The van der Waals surface area contributed by atoms with Crippen molar-refractivity contribution in [2.24, 2.45) is 4.99 Å². The second-order valence-electron chi connectivity index (χ2n) is 9.37. The number of methoxy groups -OCH3 is 1. The van der Waals surface area contributed by atoms with Gasteiger partial charge in [-0.3, -0.25) is 9.36 Å². The molecule has 0 amide bonds. The number of rotatable bonds is 9. The molecular weight excluding hydrogens is 556 g/mol. The topological polar surface area (TPSA) is 116 Å². The van der Waals surface area contributed by atoms with Crippen molar-refractivity contribution in [3.8, 4) is 11.5 Å². The lowest BCUT2D eigenvalue weighted by molar-refractivity contribution is -0.139. The Kier molecular flexibility index (Phi) is 8.35. The lowest BCUT2D eigenvalue weighted by Gasteiger charge is -2.25. The second-order valence-corrected chi connectivity index (χ2v) is 10.4. The van der Waals surface area contributed by atoms with Gasteiger partial charge in [-0.1, -0.05) is 59.9 Å². The molecule has 1 aliphatic heterocycles. The standard InChI is InChI=1S/C32H28N2O7S/c1-4-40-31(38)27-19(2)33-32-34(28(27)23-10-6-8-12-25(23)39-3)29(35)26(42-32)17-22-9-5-7-11-24(22)41-18-20-13-15-21(16-14-20)30(36)37/h5-17,28H,4,18H2,1-3H3,(H,36,37)/b26-17+/t28-/m0/s1. The molecule has 3 aromatic carbocycles. The number of aromatic carboxylic acids is 1. The summed E-state index contributed by atoms with van der Waals surface area (Å²) in [6, 6.07) is 20.2. The van der Waals surface area contributed by atoms with Crippen LogP contribution in [0, 0.1) is 0 Å². The van der Waals surface area contributed by atoms with Crippen LogP contribution in [0.5, 0.6) is 11.5 Å². The van der Waals surface area contributed by atoms with Crippen LogP contribution in [0.1, 0.15) is 46.9 Å². The maximum atomic E-state index is 14.0. The molecule has 0 saturated heterocycles. The van der Waals surface area contributed by atoms with Crippen LogP contribution in [0.3, 0.4) is 0 Å². The number of para-hydroxylation sites is 2. The Morgan fingerprint density at radius 1 is 1.02 bits per heavy atom. The molecule has 1 N–H and O–H groups in total. The van der Waals surface area contributed by atoms with Gasteiger partial charge in [-0.05, 0) is 49.8 Å². The molecule has 10 heteroatoms. The van der Waals surface area contributed by atoms with E-state index in [0.29, 0.717) is 37.7 Å². The van der Waals surface area contributed by atoms with Crippen LogP contribution in [-0.4, -0.2) is 35.3 Å². The van der Waals surface area contributed by atoms with E-state index in [1.165, 1.54) is 28.0 Å². The van der Waals surface area contributed by atoms with Crippen LogP contribution in [0.2, 0.25) is 0 Å². The molecule has 0 unspecified atom stereocenters. The number of carboxylic acid groups (broad SMARTS) is 1. The first-order valence-electron chi connectivity index (χ1n) is 13.2. The number of esters is 1. The van der Waals surface area contributed by atoms with E-state index < -0.39 is 18.0 Å². The number of fused-ring (bicyclic) bond motifs is 1. The first-order valence-corrected chi connectivity index (χ1v) is 14.0. The second kappa shape index (κ2) is 12.3. The zero-order valence-corrected chi connectivity index (χ0v) is 24.0. The molecule has 1 atom stereocenters. The lowest BCUT2D eigenvalue weighted by atomic mass is 9.95. The SMILES string of the molecule is CCOC(=O)C1=C(C)N=c2s/c(=C/c3ccccc3OCc3ccc(C(=O)O)cc3)c(=O)n2[C@H]1c1ccccc1OC. The fourth-order valence-electron chi connectivity index (χ4n) is 4.76. The zero-order chi connectivity index (χ0) is 29.8. The van der Waals surface area contributed by atoms with Gasteiger partial charge >= 0.3 is 11.9 Å². The maximum Gasteiger partial charge on any atom is 0.338 e. The third-order valence-electron chi connectivity index (χ3n) is 6.75. The molecule has 42 heavy (non-hydrogen) atoms. The predicted octanol–water partition coefficient (Wildman–Crippen LogP) is 4.08. The van der Waals surface area contributed by atoms with Crippen molar-refractivity contribution in [3.05, 3.63) is 126 Å². The van der Waals surface area contributed by atoms with Gasteiger partial charge in [0.1, 0.15) is 24.1 Å². The van der Waals surface area contributed by atoms with Crippen molar-refractivity contribution in [2.75, 3.05) is 13.7 Å². The lowest BCUT2D eigenvalue weighted by Crippen LogP contribution is -2.40. The highest BCUT2D eigenvalue weighted by Crippen LogP contribution is 2.35. The highest BCUT2D eigenvalue weighted by atomic mass is 32.1. The van der Waals surface area contributed by atoms with Crippen LogP contribution in [-0.2, 0) is 16.1 Å². The van der Waals surface area contributed by atoms with Crippen molar-refractivity contribution in [2.45, 2.75) is 26.5 Å². The summed E-state index contributed by atoms with van der Waals surface area (Å²) in [6.45, 7) is 3.85. The normalized spacial score (nSPS) is 14.6. The summed E-state index contributed by atoms with van der Waals surface area (Å²) in [7, 11) is 1.54. The van der Waals surface area contributed by atoms with E-state index in [1.54, 1.807) is 51.3 Å². The van der Waals surface area contributed by atoms with E-state index in [9.17, 15) is 14.4 Å². The largest absolute Gasteiger partial charge is 0.496 e.